The number of carbonyl (C=O) groups is 1. The van der Waals surface area contributed by atoms with Gasteiger partial charge < -0.3 is 15.8 Å². The highest BCUT2D eigenvalue weighted by Crippen LogP contribution is 2.25. The first-order valence-electron chi connectivity index (χ1n) is 6.04. The molecular weight excluding hydrogens is 204 g/mol. The summed E-state index contributed by atoms with van der Waals surface area (Å²) >= 11 is 0. The Morgan fingerprint density at radius 3 is 2.69 bits per heavy atom. The van der Waals surface area contributed by atoms with Gasteiger partial charge in [0.2, 0.25) is 5.91 Å². The standard InChI is InChI=1S/C12H24N2O2/c1-8(2)7-10(13)11(15)14-12(4)5-6-16-9(12)3/h8-10H,5-7,13H2,1-4H3,(H,14,15)/t9?,10-,12?/m0/s1. The molecule has 1 rings (SSSR count). The lowest BCUT2D eigenvalue weighted by molar-refractivity contribution is -0.125. The second-order valence-electron chi connectivity index (χ2n) is 5.41. The van der Waals surface area contributed by atoms with E-state index >= 15 is 0 Å². The van der Waals surface area contributed by atoms with Gasteiger partial charge in [-0.2, -0.15) is 0 Å². The Labute approximate surface area is 97.9 Å². The minimum atomic E-state index is -0.412. The summed E-state index contributed by atoms with van der Waals surface area (Å²) < 4.78 is 5.47. The van der Waals surface area contributed by atoms with Gasteiger partial charge in [-0.25, -0.2) is 0 Å². The Kier molecular flexibility index (Phi) is 4.33. The molecule has 1 aliphatic heterocycles. The van der Waals surface area contributed by atoms with E-state index in [9.17, 15) is 4.79 Å². The number of hydrogen-bond acceptors (Lipinski definition) is 3. The lowest BCUT2D eigenvalue weighted by atomic mass is 9.93. The zero-order chi connectivity index (χ0) is 12.3. The van der Waals surface area contributed by atoms with Crippen LogP contribution in [0.15, 0.2) is 0 Å². The van der Waals surface area contributed by atoms with Crippen molar-refractivity contribution in [2.45, 2.75) is 58.2 Å². The maximum Gasteiger partial charge on any atom is 0.237 e. The third-order valence-electron chi connectivity index (χ3n) is 3.36. The van der Waals surface area contributed by atoms with Gasteiger partial charge in [-0.15, -0.1) is 0 Å². The second-order valence-corrected chi connectivity index (χ2v) is 5.41. The van der Waals surface area contributed by atoms with E-state index in [-0.39, 0.29) is 17.6 Å². The van der Waals surface area contributed by atoms with E-state index in [1.807, 2.05) is 13.8 Å². The highest BCUT2D eigenvalue weighted by Gasteiger charge is 2.39. The van der Waals surface area contributed by atoms with Crippen molar-refractivity contribution in [3.05, 3.63) is 0 Å². The van der Waals surface area contributed by atoms with Crippen LogP contribution in [-0.2, 0) is 9.53 Å². The maximum atomic E-state index is 11.9. The van der Waals surface area contributed by atoms with Crippen LogP contribution in [-0.4, -0.2) is 30.2 Å². The van der Waals surface area contributed by atoms with Crippen LogP contribution in [0.25, 0.3) is 0 Å². The number of ether oxygens (including phenoxy) is 1. The van der Waals surface area contributed by atoms with Gasteiger partial charge in [0.15, 0.2) is 0 Å². The van der Waals surface area contributed by atoms with Crippen LogP contribution in [0.1, 0.15) is 40.5 Å². The Morgan fingerprint density at radius 1 is 1.62 bits per heavy atom. The van der Waals surface area contributed by atoms with E-state index in [1.165, 1.54) is 0 Å². The summed E-state index contributed by atoms with van der Waals surface area (Å²) in [4.78, 5) is 11.9. The van der Waals surface area contributed by atoms with Crippen LogP contribution in [0.4, 0.5) is 0 Å². The van der Waals surface area contributed by atoms with Gasteiger partial charge in [0.05, 0.1) is 17.7 Å². The minimum absolute atomic E-state index is 0.0581. The number of amides is 1. The maximum absolute atomic E-state index is 11.9. The van der Waals surface area contributed by atoms with Gasteiger partial charge in [-0.05, 0) is 32.6 Å². The average Bonchev–Trinajstić information content (AvgIpc) is 2.45. The van der Waals surface area contributed by atoms with E-state index in [0.717, 1.165) is 12.8 Å². The molecule has 1 fully saturated rings. The van der Waals surface area contributed by atoms with Crippen molar-refractivity contribution in [1.29, 1.82) is 0 Å². The van der Waals surface area contributed by atoms with Crippen LogP contribution in [0, 0.1) is 5.92 Å². The molecule has 1 heterocycles. The van der Waals surface area contributed by atoms with Crippen LogP contribution >= 0.6 is 0 Å². The average molecular weight is 228 g/mol. The molecule has 0 aromatic rings. The van der Waals surface area contributed by atoms with E-state index in [1.54, 1.807) is 0 Å². The lowest BCUT2D eigenvalue weighted by Gasteiger charge is -2.30. The quantitative estimate of drug-likeness (QED) is 0.755. The molecule has 4 nitrogen and oxygen atoms in total. The van der Waals surface area contributed by atoms with Gasteiger partial charge in [0.25, 0.3) is 0 Å². The first kappa shape index (κ1) is 13.5. The predicted molar refractivity (Wildman–Crippen MR) is 64.0 cm³/mol. The van der Waals surface area contributed by atoms with Gasteiger partial charge >= 0.3 is 0 Å². The first-order valence-corrected chi connectivity index (χ1v) is 6.04. The Morgan fingerprint density at radius 2 is 2.25 bits per heavy atom. The summed E-state index contributed by atoms with van der Waals surface area (Å²) in [6.45, 7) is 8.84. The molecule has 0 radical (unpaired) electrons. The van der Waals surface area contributed by atoms with E-state index in [0.29, 0.717) is 12.5 Å². The highest BCUT2D eigenvalue weighted by atomic mass is 16.5. The topological polar surface area (TPSA) is 64.4 Å². The van der Waals surface area contributed by atoms with E-state index in [2.05, 4.69) is 19.2 Å². The molecular formula is C12H24N2O2. The van der Waals surface area contributed by atoms with Crippen LogP contribution in [0.5, 0.6) is 0 Å². The Hall–Kier alpha value is -0.610. The van der Waals surface area contributed by atoms with Crippen molar-refractivity contribution < 1.29 is 9.53 Å². The molecule has 0 saturated carbocycles. The Balaban J connectivity index is 2.50. The number of nitrogens with one attached hydrogen (secondary N) is 1. The summed E-state index contributed by atoms with van der Waals surface area (Å²) in [5.74, 6) is 0.374. The molecule has 4 heteroatoms. The summed E-state index contributed by atoms with van der Waals surface area (Å²) in [7, 11) is 0. The lowest BCUT2D eigenvalue weighted by Crippen LogP contribution is -2.55. The molecule has 0 aliphatic carbocycles. The molecule has 3 atom stereocenters. The third kappa shape index (κ3) is 3.19. The van der Waals surface area contributed by atoms with Crippen molar-refractivity contribution >= 4 is 5.91 Å². The zero-order valence-corrected chi connectivity index (χ0v) is 10.7. The molecule has 1 aliphatic rings. The van der Waals surface area contributed by atoms with E-state index in [4.69, 9.17) is 10.5 Å². The van der Waals surface area contributed by atoms with Crippen LogP contribution in [0.3, 0.4) is 0 Å². The first-order chi connectivity index (χ1) is 7.35. The molecule has 0 spiro atoms. The van der Waals surface area contributed by atoms with Crippen molar-refractivity contribution in [1.82, 2.24) is 5.32 Å². The molecule has 2 unspecified atom stereocenters. The molecule has 0 aromatic carbocycles. The van der Waals surface area contributed by atoms with Crippen molar-refractivity contribution in [3.8, 4) is 0 Å². The number of hydrogen-bond donors (Lipinski definition) is 2. The molecule has 0 aromatic heterocycles. The summed E-state index contributed by atoms with van der Waals surface area (Å²) in [5, 5.41) is 3.02. The number of carbonyl (C=O) groups excluding carboxylic acids is 1. The largest absolute Gasteiger partial charge is 0.376 e. The molecule has 0 bridgehead atoms. The third-order valence-corrected chi connectivity index (χ3v) is 3.36. The monoisotopic (exact) mass is 228 g/mol. The number of nitrogens with two attached hydrogens (primary N) is 1. The van der Waals surface area contributed by atoms with E-state index < -0.39 is 6.04 Å². The molecule has 1 amide bonds. The fourth-order valence-corrected chi connectivity index (χ4v) is 1.99. The zero-order valence-electron chi connectivity index (χ0n) is 10.7. The predicted octanol–water partition coefficient (Wildman–Crippen LogP) is 1.04. The summed E-state index contributed by atoms with van der Waals surface area (Å²) in [5.41, 5.74) is 5.59. The van der Waals surface area contributed by atoms with Crippen LogP contribution < -0.4 is 11.1 Å². The molecule has 94 valence electrons. The van der Waals surface area contributed by atoms with Gasteiger partial charge in [0.1, 0.15) is 0 Å². The van der Waals surface area contributed by atoms with Gasteiger partial charge in [-0.3, -0.25) is 4.79 Å². The fourth-order valence-electron chi connectivity index (χ4n) is 1.99. The van der Waals surface area contributed by atoms with Crippen molar-refractivity contribution in [3.63, 3.8) is 0 Å². The summed E-state index contributed by atoms with van der Waals surface area (Å²) in [6.07, 6.45) is 1.63. The van der Waals surface area contributed by atoms with Gasteiger partial charge in [0, 0.05) is 6.61 Å². The van der Waals surface area contributed by atoms with Crippen molar-refractivity contribution in [2.75, 3.05) is 6.61 Å². The molecule has 1 saturated heterocycles. The smallest absolute Gasteiger partial charge is 0.237 e. The summed E-state index contributed by atoms with van der Waals surface area (Å²) in [6, 6.07) is -0.412. The fraction of sp³-hybridized carbons (Fsp3) is 0.917. The molecule has 3 N–H and O–H groups in total. The Bertz CT molecular complexity index is 255. The van der Waals surface area contributed by atoms with Crippen molar-refractivity contribution in [2.24, 2.45) is 11.7 Å². The molecule has 16 heavy (non-hydrogen) atoms. The van der Waals surface area contributed by atoms with Crippen LogP contribution in [0.2, 0.25) is 0 Å². The minimum Gasteiger partial charge on any atom is -0.376 e. The second kappa shape index (κ2) is 5.15. The van der Waals surface area contributed by atoms with Gasteiger partial charge in [-0.1, -0.05) is 13.8 Å². The highest BCUT2D eigenvalue weighted by molar-refractivity contribution is 5.82. The normalized spacial score (nSPS) is 31.8. The number of rotatable bonds is 4. The SMILES string of the molecule is CC(C)C[C@H](N)C(=O)NC1(C)CCOC1C.